The summed E-state index contributed by atoms with van der Waals surface area (Å²) >= 11 is 0. The summed E-state index contributed by atoms with van der Waals surface area (Å²) in [6.07, 6.45) is 11.6. The Hall–Kier alpha value is 0.430. The van der Waals surface area contributed by atoms with Gasteiger partial charge in [0.25, 0.3) is 0 Å². The molecule has 0 aliphatic carbocycles. The zero-order valence-electron chi connectivity index (χ0n) is 8.16. The van der Waals surface area contributed by atoms with Crippen LogP contribution < -0.4 is 0 Å². The van der Waals surface area contributed by atoms with Gasteiger partial charge in [-0.2, -0.15) is 0 Å². The van der Waals surface area contributed by atoms with Gasteiger partial charge >= 0.3 is 0 Å². The van der Waals surface area contributed by atoms with E-state index in [1.165, 1.54) is 59.4 Å². The Morgan fingerprint density at radius 3 is 0.947 bits per heavy atom. The van der Waals surface area contributed by atoms with Crippen LogP contribution in [0.15, 0.2) is 0 Å². The minimum atomic E-state index is 0. The molecule has 0 aromatic rings. The molecule has 0 heterocycles. The highest BCUT2D eigenvalue weighted by Gasteiger charge is 1.88. The lowest BCUT2D eigenvalue weighted by atomic mass is 10.3. The highest BCUT2D eigenvalue weighted by atomic mass is 31.1. The van der Waals surface area contributed by atoms with Gasteiger partial charge in [-0.3, -0.25) is 0 Å². The van der Waals surface area contributed by atoms with E-state index in [1.807, 2.05) is 0 Å². The van der Waals surface area contributed by atoms with Crippen LogP contribution in [0.4, 0.5) is 0 Å². The van der Waals surface area contributed by atoms with E-state index in [0.29, 0.717) is 0 Å². The minimum absolute atomic E-state index is 0. The normalized spacial score (nSPS) is 6.00. The zero-order chi connectivity index (χ0) is 8.36. The molecule has 0 amide bonds. The average Bonchev–Trinajstić information content (AvgIpc) is 2.03. The van der Waals surface area contributed by atoms with E-state index in [-0.39, 0.29) is 59.4 Å². The van der Waals surface area contributed by atoms with Crippen molar-refractivity contribution in [2.24, 2.45) is 0 Å². The molecule has 0 unspecified atom stereocenters. The topological polar surface area (TPSA) is 0 Å². The first-order valence-electron chi connectivity index (χ1n) is 5.12. The maximum atomic E-state index is 2.28. The van der Waals surface area contributed by atoms with Crippen LogP contribution in [0, 0.1) is 0 Å². The van der Waals surface area contributed by atoms with Gasteiger partial charge in [-0.15, -0.1) is 8.58 Å². The average molecular weight is 303 g/mol. The van der Waals surface area contributed by atoms with Crippen LogP contribution in [-0.4, -0.2) is 12.3 Å². The fraction of sp³-hybridized carbons (Fsp3) is 1.00. The molecule has 0 saturated heterocycles. The highest BCUT2D eigenvalue weighted by molar-refractivity contribution is 7.37. The lowest BCUT2D eigenvalue weighted by molar-refractivity contribution is 0.765. The molecule has 0 radical (unpaired) electrons. The van der Waals surface area contributed by atoms with Crippen LogP contribution in [0.2, 0.25) is 0 Å². The molecule has 0 aromatic heterocycles. The van der Waals surface area contributed by atoms with Crippen molar-refractivity contribution in [2.45, 2.75) is 112 Å². The summed E-state index contributed by atoms with van der Waals surface area (Å²) in [5.41, 5.74) is 0. The Morgan fingerprint density at radius 2 is 0.737 bits per heavy atom. The first-order valence-corrected chi connectivity index (χ1v) is 6.54. The predicted octanol–water partition coefficient (Wildman–Crippen LogP) is 9.13. The predicted molar refractivity (Wildman–Crippen MR) is 111 cm³/mol. The van der Waals surface area contributed by atoms with Crippen LogP contribution in [0.1, 0.15) is 112 Å². The van der Waals surface area contributed by atoms with E-state index < -0.39 is 0 Å². The molecule has 0 nitrogen and oxygen atoms in total. The number of rotatable bonds is 8. The first-order chi connectivity index (χ1) is 5.41. The second kappa shape index (κ2) is 63.0. The third-order valence-corrected chi connectivity index (χ3v) is 3.33. The Labute approximate surface area is 133 Å². The number of hydrogen-bond donors (Lipinski definition) is 0. The largest absolute Gasteiger partial charge is 0.122 e. The number of unbranched alkanes of at least 4 members (excludes halogenated alkanes) is 4. The molecule has 0 spiro atoms. The SMILES string of the molecule is C.C.C.C.C.C.C.C.CCCCCPCCCCC. The molecule has 0 rings (SSSR count). The van der Waals surface area contributed by atoms with Crippen LogP contribution in [-0.2, 0) is 0 Å². The van der Waals surface area contributed by atoms with Gasteiger partial charge in [-0.25, -0.2) is 0 Å². The third kappa shape index (κ3) is 70.0. The Kier molecular flexibility index (Phi) is 201. The van der Waals surface area contributed by atoms with E-state index in [4.69, 9.17) is 0 Å². The second-order valence-corrected chi connectivity index (χ2v) is 4.66. The molecule has 0 aromatic carbocycles. The summed E-state index contributed by atoms with van der Waals surface area (Å²) in [6, 6.07) is 0. The lowest BCUT2D eigenvalue weighted by Crippen LogP contribution is -1.81. The van der Waals surface area contributed by atoms with Crippen LogP contribution >= 0.6 is 8.58 Å². The number of hydrogen-bond acceptors (Lipinski definition) is 0. The molecule has 0 bridgehead atoms. The first kappa shape index (κ1) is 60.7. The van der Waals surface area contributed by atoms with Crippen molar-refractivity contribution in [1.82, 2.24) is 0 Å². The summed E-state index contributed by atoms with van der Waals surface area (Å²) < 4.78 is 0. The van der Waals surface area contributed by atoms with Gasteiger partial charge in [0.2, 0.25) is 0 Å². The van der Waals surface area contributed by atoms with Gasteiger partial charge < -0.3 is 0 Å². The zero-order valence-corrected chi connectivity index (χ0v) is 9.16. The van der Waals surface area contributed by atoms with Gasteiger partial charge in [0.05, 0.1) is 0 Å². The second-order valence-electron chi connectivity index (χ2n) is 3.16. The maximum Gasteiger partial charge on any atom is -0.0353 e. The summed E-state index contributed by atoms with van der Waals surface area (Å²) in [5.74, 6) is 0. The summed E-state index contributed by atoms with van der Waals surface area (Å²) in [7, 11) is 1.25. The molecule has 132 valence electrons. The van der Waals surface area contributed by atoms with Crippen LogP contribution in [0.25, 0.3) is 0 Å². The molecule has 1 heteroatoms. The monoisotopic (exact) mass is 302 g/mol. The fourth-order valence-electron chi connectivity index (χ4n) is 1.12. The summed E-state index contributed by atoms with van der Waals surface area (Å²) in [5, 5.41) is 0. The molecule has 0 N–H and O–H groups in total. The lowest BCUT2D eigenvalue weighted by Gasteiger charge is -1.99. The molecule has 19 heavy (non-hydrogen) atoms. The van der Waals surface area contributed by atoms with Crippen molar-refractivity contribution < 1.29 is 0 Å². The van der Waals surface area contributed by atoms with Gasteiger partial charge in [-0.05, 0) is 25.2 Å². The molecule has 0 atom stereocenters. The van der Waals surface area contributed by atoms with Gasteiger partial charge in [0, 0.05) is 0 Å². The summed E-state index contributed by atoms with van der Waals surface area (Å²) in [4.78, 5) is 0. The maximum absolute atomic E-state index is 2.28. The Bertz CT molecular complexity index is 54.7. The van der Waals surface area contributed by atoms with Gasteiger partial charge in [-0.1, -0.05) is 98.9 Å². The molecule has 0 saturated carbocycles. The van der Waals surface area contributed by atoms with Crippen molar-refractivity contribution in [3.8, 4) is 0 Å². The Morgan fingerprint density at radius 1 is 0.474 bits per heavy atom. The highest BCUT2D eigenvalue weighted by Crippen LogP contribution is 2.15. The summed E-state index contributed by atoms with van der Waals surface area (Å²) in [6.45, 7) is 4.56. The van der Waals surface area contributed by atoms with Crippen molar-refractivity contribution in [3.63, 3.8) is 0 Å². The van der Waals surface area contributed by atoms with Crippen molar-refractivity contribution >= 4 is 8.58 Å². The molecular formula is C18H55P. The Balaban J connectivity index is -0.0000000179. The van der Waals surface area contributed by atoms with E-state index >= 15 is 0 Å². The fourth-order valence-corrected chi connectivity index (χ4v) is 2.37. The van der Waals surface area contributed by atoms with Crippen molar-refractivity contribution in [3.05, 3.63) is 0 Å². The molecular weight excluding hydrogens is 247 g/mol. The van der Waals surface area contributed by atoms with Gasteiger partial charge in [0.1, 0.15) is 0 Å². The van der Waals surface area contributed by atoms with Crippen LogP contribution in [0.5, 0.6) is 0 Å². The standard InChI is InChI=1S/C10H23P.8CH4/c1-3-5-7-9-11-10-8-6-4-2;;;;;;;;/h11H,3-10H2,1-2H3;8*1H4. The molecule has 0 fully saturated rings. The van der Waals surface area contributed by atoms with Gasteiger partial charge in [0.15, 0.2) is 0 Å². The molecule has 0 aliphatic heterocycles. The van der Waals surface area contributed by atoms with E-state index in [1.54, 1.807) is 0 Å². The smallest absolute Gasteiger partial charge is 0.0353 e. The molecule has 0 aliphatic rings. The van der Waals surface area contributed by atoms with E-state index in [9.17, 15) is 0 Å². The van der Waals surface area contributed by atoms with Crippen molar-refractivity contribution in [2.75, 3.05) is 12.3 Å². The quantitative estimate of drug-likeness (QED) is 0.309. The van der Waals surface area contributed by atoms with E-state index in [0.717, 1.165) is 0 Å². The van der Waals surface area contributed by atoms with Crippen LogP contribution in [0.3, 0.4) is 0 Å². The van der Waals surface area contributed by atoms with E-state index in [2.05, 4.69) is 13.8 Å². The van der Waals surface area contributed by atoms with Crippen molar-refractivity contribution in [1.29, 1.82) is 0 Å². The third-order valence-electron chi connectivity index (χ3n) is 1.91. The minimum Gasteiger partial charge on any atom is -0.122 e.